The van der Waals surface area contributed by atoms with Gasteiger partial charge >= 0.3 is 0 Å². The summed E-state index contributed by atoms with van der Waals surface area (Å²) in [6.07, 6.45) is 3.78. The second-order valence-corrected chi connectivity index (χ2v) is 5.04. The van der Waals surface area contributed by atoms with E-state index in [9.17, 15) is 0 Å². The minimum absolute atomic E-state index is 0.362. The van der Waals surface area contributed by atoms with Crippen LogP contribution in [0.15, 0.2) is 36.5 Å². The van der Waals surface area contributed by atoms with Gasteiger partial charge in [0.15, 0.2) is 5.75 Å². The van der Waals surface area contributed by atoms with Gasteiger partial charge in [-0.05, 0) is 31.9 Å². The molecule has 1 heterocycles. The van der Waals surface area contributed by atoms with Gasteiger partial charge in [-0.3, -0.25) is 4.68 Å². The fraction of sp³-hybridized carbons (Fsp3) is 0.471. The Morgan fingerprint density at radius 3 is 2.62 bits per heavy atom. The maximum Gasteiger partial charge on any atom is 0.159 e. The van der Waals surface area contributed by atoms with Crippen LogP contribution in [0, 0.1) is 0 Å². The summed E-state index contributed by atoms with van der Waals surface area (Å²) in [5.74, 6) is 0.889. The zero-order chi connectivity index (χ0) is 15.1. The molecule has 1 aromatic carbocycles. The van der Waals surface area contributed by atoms with Gasteiger partial charge in [0.25, 0.3) is 0 Å². The number of hydrogen-bond acceptors (Lipinski definition) is 3. The fourth-order valence-electron chi connectivity index (χ4n) is 2.69. The highest BCUT2D eigenvalue weighted by molar-refractivity contribution is 5.26. The molecule has 0 radical (unpaired) electrons. The van der Waals surface area contributed by atoms with Gasteiger partial charge in [-0.1, -0.05) is 37.3 Å². The summed E-state index contributed by atoms with van der Waals surface area (Å²) in [6.45, 7) is 6.08. The van der Waals surface area contributed by atoms with E-state index in [2.05, 4.69) is 54.6 Å². The molecular formula is C17H25N3O. The Bertz CT molecular complexity index is 515. The first-order valence-corrected chi connectivity index (χ1v) is 7.67. The molecule has 0 saturated carbocycles. The number of aryl methyl sites for hydroxylation is 1. The Hall–Kier alpha value is -1.81. The van der Waals surface area contributed by atoms with Crippen molar-refractivity contribution < 1.29 is 4.74 Å². The molecule has 4 nitrogen and oxygen atoms in total. The van der Waals surface area contributed by atoms with Crippen molar-refractivity contribution in [2.45, 2.75) is 39.3 Å². The minimum atomic E-state index is 0.362. The van der Waals surface area contributed by atoms with Gasteiger partial charge in [0.2, 0.25) is 0 Å². The average Bonchev–Trinajstić information content (AvgIpc) is 2.94. The van der Waals surface area contributed by atoms with E-state index in [0.717, 1.165) is 31.7 Å². The van der Waals surface area contributed by atoms with Gasteiger partial charge in [-0.25, -0.2) is 0 Å². The molecular weight excluding hydrogens is 262 g/mol. The molecule has 0 aliphatic rings. The standard InChI is InChI=1S/C17H25N3O/c1-4-18-15(14-9-7-6-8-10-14)11-12-16-17(21-3)13-19-20(16)5-2/h6-10,13,15,18H,4-5,11-12H2,1-3H3. The maximum absolute atomic E-state index is 5.42. The Kier molecular flexibility index (Phi) is 5.81. The smallest absolute Gasteiger partial charge is 0.159 e. The lowest BCUT2D eigenvalue weighted by Crippen LogP contribution is -2.22. The van der Waals surface area contributed by atoms with E-state index in [0.29, 0.717) is 6.04 Å². The van der Waals surface area contributed by atoms with Crippen molar-refractivity contribution in [3.8, 4) is 5.75 Å². The lowest BCUT2D eigenvalue weighted by molar-refractivity contribution is 0.403. The quantitative estimate of drug-likeness (QED) is 0.810. The molecule has 2 rings (SSSR count). The van der Waals surface area contributed by atoms with E-state index in [1.807, 2.05) is 10.9 Å². The number of hydrogen-bond donors (Lipinski definition) is 1. The summed E-state index contributed by atoms with van der Waals surface area (Å²) in [6, 6.07) is 11.0. The van der Waals surface area contributed by atoms with Crippen molar-refractivity contribution in [3.05, 3.63) is 47.8 Å². The Labute approximate surface area is 127 Å². The second kappa shape index (κ2) is 7.84. The maximum atomic E-state index is 5.42. The number of methoxy groups -OCH3 is 1. The van der Waals surface area contributed by atoms with Gasteiger partial charge in [0.1, 0.15) is 0 Å². The molecule has 0 aliphatic heterocycles. The van der Waals surface area contributed by atoms with Crippen molar-refractivity contribution >= 4 is 0 Å². The monoisotopic (exact) mass is 287 g/mol. The first-order valence-electron chi connectivity index (χ1n) is 7.67. The number of nitrogens with one attached hydrogen (secondary N) is 1. The first-order chi connectivity index (χ1) is 10.3. The third-order valence-electron chi connectivity index (χ3n) is 3.75. The molecule has 1 atom stereocenters. The summed E-state index contributed by atoms with van der Waals surface area (Å²) in [7, 11) is 1.71. The van der Waals surface area contributed by atoms with E-state index in [1.54, 1.807) is 7.11 Å². The van der Waals surface area contributed by atoms with Gasteiger partial charge in [0.05, 0.1) is 19.0 Å². The number of nitrogens with zero attached hydrogens (tertiary/aromatic N) is 2. The predicted octanol–water partition coefficient (Wildman–Crippen LogP) is 3.20. The molecule has 0 fully saturated rings. The van der Waals surface area contributed by atoms with Crippen LogP contribution >= 0.6 is 0 Å². The molecule has 0 saturated heterocycles. The molecule has 0 amide bonds. The molecule has 1 N–H and O–H groups in total. The third-order valence-corrected chi connectivity index (χ3v) is 3.75. The van der Waals surface area contributed by atoms with Crippen LogP contribution < -0.4 is 10.1 Å². The number of ether oxygens (including phenoxy) is 1. The molecule has 4 heteroatoms. The first kappa shape index (κ1) is 15.6. The molecule has 114 valence electrons. The third kappa shape index (κ3) is 3.85. The molecule has 1 aromatic heterocycles. The zero-order valence-electron chi connectivity index (χ0n) is 13.2. The summed E-state index contributed by atoms with van der Waals surface area (Å²) < 4.78 is 7.44. The normalized spacial score (nSPS) is 12.3. The van der Waals surface area contributed by atoms with Crippen LogP contribution in [0.1, 0.15) is 37.6 Å². The van der Waals surface area contributed by atoms with Crippen LogP contribution in [0.2, 0.25) is 0 Å². The highest BCUT2D eigenvalue weighted by atomic mass is 16.5. The lowest BCUT2D eigenvalue weighted by atomic mass is 10.0. The van der Waals surface area contributed by atoms with Gasteiger partial charge in [-0.2, -0.15) is 5.10 Å². The van der Waals surface area contributed by atoms with Crippen molar-refractivity contribution in [3.63, 3.8) is 0 Å². The van der Waals surface area contributed by atoms with E-state index in [1.165, 1.54) is 11.3 Å². The highest BCUT2D eigenvalue weighted by Crippen LogP contribution is 2.24. The Morgan fingerprint density at radius 2 is 2.00 bits per heavy atom. The van der Waals surface area contributed by atoms with E-state index < -0.39 is 0 Å². The van der Waals surface area contributed by atoms with Crippen LogP contribution in [0.5, 0.6) is 5.75 Å². The SMILES string of the molecule is CCNC(CCc1c(OC)cnn1CC)c1ccccc1. The van der Waals surface area contributed by atoms with E-state index in [4.69, 9.17) is 4.74 Å². The average molecular weight is 287 g/mol. The predicted molar refractivity (Wildman–Crippen MR) is 85.6 cm³/mol. The van der Waals surface area contributed by atoms with Crippen molar-refractivity contribution in [1.82, 2.24) is 15.1 Å². The summed E-state index contributed by atoms with van der Waals surface area (Å²) >= 11 is 0. The van der Waals surface area contributed by atoms with Gasteiger partial charge in [0, 0.05) is 12.6 Å². The van der Waals surface area contributed by atoms with Crippen LogP contribution in [0.3, 0.4) is 0 Å². The second-order valence-electron chi connectivity index (χ2n) is 5.04. The zero-order valence-corrected chi connectivity index (χ0v) is 13.2. The minimum Gasteiger partial charge on any atom is -0.493 e. The van der Waals surface area contributed by atoms with E-state index in [-0.39, 0.29) is 0 Å². The van der Waals surface area contributed by atoms with Crippen LogP contribution in [0.25, 0.3) is 0 Å². The van der Waals surface area contributed by atoms with Gasteiger partial charge in [-0.15, -0.1) is 0 Å². The molecule has 1 unspecified atom stereocenters. The van der Waals surface area contributed by atoms with Crippen LogP contribution in [-0.2, 0) is 13.0 Å². The molecule has 0 bridgehead atoms. The molecule has 21 heavy (non-hydrogen) atoms. The largest absolute Gasteiger partial charge is 0.493 e. The topological polar surface area (TPSA) is 39.1 Å². The molecule has 0 spiro atoms. The van der Waals surface area contributed by atoms with Crippen molar-refractivity contribution in [2.24, 2.45) is 0 Å². The summed E-state index contributed by atoms with van der Waals surface area (Å²) in [4.78, 5) is 0. The fourth-order valence-corrected chi connectivity index (χ4v) is 2.69. The number of benzene rings is 1. The number of rotatable bonds is 8. The van der Waals surface area contributed by atoms with Gasteiger partial charge < -0.3 is 10.1 Å². The van der Waals surface area contributed by atoms with Crippen molar-refractivity contribution in [1.29, 1.82) is 0 Å². The highest BCUT2D eigenvalue weighted by Gasteiger charge is 2.15. The Morgan fingerprint density at radius 1 is 1.24 bits per heavy atom. The van der Waals surface area contributed by atoms with Crippen molar-refractivity contribution in [2.75, 3.05) is 13.7 Å². The lowest BCUT2D eigenvalue weighted by Gasteiger charge is -2.19. The Balaban J connectivity index is 2.10. The van der Waals surface area contributed by atoms with Crippen LogP contribution in [-0.4, -0.2) is 23.4 Å². The van der Waals surface area contributed by atoms with E-state index >= 15 is 0 Å². The molecule has 2 aromatic rings. The van der Waals surface area contributed by atoms with Crippen LogP contribution in [0.4, 0.5) is 0 Å². The molecule has 0 aliphatic carbocycles. The summed E-state index contributed by atoms with van der Waals surface area (Å²) in [5.41, 5.74) is 2.51. The summed E-state index contributed by atoms with van der Waals surface area (Å²) in [5, 5.41) is 7.94. The number of aromatic nitrogens is 2.